The second kappa shape index (κ2) is 36.4. The van der Waals surface area contributed by atoms with E-state index in [-0.39, 0.29) is 129 Å². The number of hydrogen-bond donors (Lipinski definition) is 7. The first-order valence-corrected chi connectivity index (χ1v) is 44.9. The quantitative estimate of drug-likeness (QED) is 0.0443. The Bertz CT molecular complexity index is 3560. The molecule has 6 N–H and O–H groups in total. The number of aliphatic carboxylic acids is 2. The third-order valence-corrected chi connectivity index (χ3v) is 27.7. The Labute approximate surface area is 651 Å². The van der Waals surface area contributed by atoms with Crippen LogP contribution in [0.1, 0.15) is 141 Å². The second-order valence-electron chi connectivity index (χ2n) is 28.8. The van der Waals surface area contributed by atoms with Crippen LogP contribution < -0.4 is 15.5 Å². The molecule has 0 bridgehead atoms. The van der Waals surface area contributed by atoms with Gasteiger partial charge >= 0.3 is 17.9 Å². The van der Waals surface area contributed by atoms with Gasteiger partial charge in [-0.3, -0.25) is 38.4 Å². The van der Waals surface area contributed by atoms with Gasteiger partial charge in [-0.25, -0.2) is 14.4 Å². The number of halogens is 2. The highest BCUT2D eigenvalue weighted by Crippen LogP contribution is 2.56. The maximum Gasteiger partial charge on any atom is 0.358 e. The zero-order chi connectivity index (χ0) is 78.2. The molecule has 12 aliphatic rings. The number of carbonyl (C=O) groups is 13. The highest BCUT2D eigenvalue weighted by molar-refractivity contribution is 15.0. The van der Waals surface area contributed by atoms with Crippen LogP contribution in [0.3, 0.4) is 0 Å². The molecule has 2 saturated carbocycles. The van der Waals surface area contributed by atoms with E-state index < -0.39 is 96.0 Å². The molecule has 36 heteroatoms. The van der Waals surface area contributed by atoms with E-state index in [2.05, 4.69) is 59.7 Å². The number of carboxylic acid groups (broad SMARTS) is 3. The first-order valence-electron chi connectivity index (χ1n) is 34.5. The molecule has 12 rings (SSSR count). The first kappa shape index (κ1) is 87.4. The molecule has 26 unspecified atom stereocenters. The Hall–Kier alpha value is -3.81. The number of thiol groups is 1. The number of ketones is 4. The molecular weight excluding hydrogens is 1700 g/mol. The predicted molar refractivity (Wildman–Crippen MR) is 407 cm³/mol. The fourth-order valence-corrected chi connectivity index (χ4v) is 21.9. The van der Waals surface area contributed by atoms with Crippen LogP contribution in [0.15, 0.2) is 43.1 Å². The van der Waals surface area contributed by atoms with E-state index in [1.807, 2.05) is 46.6 Å². The van der Waals surface area contributed by atoms with Gasteiger partial charge in [0.1, 0.15) is 40.5 Å². The molecule has 578 valence electrons. The second-order valence-corrected chi connectivity index (χ2v) is 34.0. The summed E-state index contributed by atoms with van der Waals surface area (Å²) in [6, 6.07) is -2.06. The van der Waals surface area contributed by atoms with E-state index in [1.165, 1.54) is 40.3 Å². The summed E-state index contributed by atoms with van der Waals surface area (Å²) in [5.74, 6) is -6.62. The highest BCUT2D eigenvalue weighted by Gasteiger charge is 2.64. The van der Waals surface area contributed by atoms with Gasteiger partial charge in [-0.2, -0.15) is 12.6 Å². The maximum absolute atomic E-state index is 12.4. The van der Waals surface area contributed by atoms with Gasteiger partial charge in [0.2, 0.25) is 23.6 Å². The summed E-state index contributed by atoms with van der Waals surface area (Å²) in [7, 11) is 3.84. The maximum atomic E-state index is 12.4. The van der Waals surface area contributed by atoms with Crippen molar-refractivity contribution in [1.29, 1.82) is 0 Å². The number of hydrogen-bond acceptors (Lipinski definition) is 26. The number of amides is 5. The van der Waals surface area contributed by atoms with Crippen molar-refractivity contribution in [3.63, 3.8) is 0 Å². The van der Waals surface area contributed by atoms with Gasteiger partial charge in [0.05, 0.1) is 115 Å². The van der Waals surface area contributed by atoms with Gasteiger partial charge in [-0.05, 0) is 119 Å². The average Bonchev–Trinajstić information content (AvgIpc) is 1.56. The van der Waals surface area contributed by atoms with E-state index in [9.17, 15) is 98.1 Å². The number of carbonyl (C=O) groups excluding carboxylic acids is 12. The Morgan fingerprint density at radius 1 is 0.529 bits per heavy atom. The predicted octanol–water partition coefficient (Wildman–Crippen LogP) is 3.88. The lowest BCUT2D eigenvalue weighted by molar-refractivity contribution is -0.301. The van der Waals surface area contributed by atoms with Crippen LogP contribution in [0, 0.1) is 59.2 Å². The summed E-state index contributed by atoms with van der Waals surface area (Å²) in [5, 5.41) is 75.4. The summed E-state index contributed by atoms with van der Waals surface area (Å²) < 4.78 is 9.44. The molecule has 0 aromatic rings. The monoisotopic (exact) mass is 1790 g/mol. The van der Waals surface area contributed by atoms with Crippen molar-refractivity contribution < 1.29 is 107 Å². The molecule has 0 aromatic heterocycles. The Balaban J connectivity index is 0.000000186. The van der Waals surface area contributed by atoms with Crippen molar-refractivity contribution in [2.24, 2.45) is 59.2 Å². The summed E-state index contributed by atoms with van der Waals surface area (Å²) in [5.41, 5.74) is 1.32. The van der Waals surface area contributed by atoms with Crippen molar-refractivity contribution in [2.75, 3.05) is 13.1 Å². The Morgan fingerprint density at radius 3 is 1.27 bits per heavy atom. The normalized spacial score (nSPS) is 34.3. The molecule has 0 radical (unpaired) electrons. The van der Waals surface area contributed by atoms with Gasteiger partial charge in [-0.1, -0.05) is 27.7 Å². The molecule has 2 aliphatic carbocycles. The summed E-state index contributed by atoms with van der Waals surface area (Å²) in [4.78, 5) is 161. The van der Waals surface area contributed by atoms with Crippen LogP contribution in [0.5, 0.6) is 0 Å². The van der Waals surface area contributed by atoms with E-state index in [0.717, 1.165) is 70.6 Å². The van der Waals surface area contributed by atoms with Crippen molar-refractivity contribution in [3.8, 4) is 0 Å². The highest BCUT2D eigenvalue weighted by atomic mass is 128. The molecule has 26 atom stereocenters. The van der Waals surface area contributed by atoms with Crippen molar-refractivity contribution in [3.05, 3.63) is 43.1 Å². The number of fused-ring (bicyclic) bond motifs is 4. The number of Topliss-reactive ketones (excluding diaryl/α,β-unsaturated/α-hetero) is 4. The molecular formula is C68H94I2N6O22P2S4-2. The zero-order valence-electron chi connectivity index (χ0n) is 59.9. The minimum atomic E-state index is -1.48. The molecule has 0 spiro atoms. The van der Waals surface area contributed by atoms with Crippen molar-refractivity contribution in [2.45, 2.75) is 223 Å². The molecule has 104 heavy (non-hydrogen) atoms. The van der Waals surface area contributed by atoms with Gasteiger partial charge in [0.15, 0.2) is 5.78 Å². The van der Waals surface area contributed by atoms with Crippen LogP contribution in [0.2, 0.25) is 0 Å². The van der Waals surface area contributed by atoms with Crippen LogP contribution in [-0.4, -0.2) is 222 Å². The van der Waals surface area contributed by atoms with E-state index in [1.54, 1.807) is 60.2 Å². The lowest BCUT2D eigenvalue weighted by atomic mass is 9.78. The SMILES string of the molecule is CC(=O)C1CC(SC2=C(C(=O)O)N3C(=O)C(C(C)O)C3C2C)CN1.CC(=O)C1CC(SC2=C(C(=O)[O-])N3C(=O)C(C(C)O)C3C2C)CN1C(=O)[O-].CC(=O)C1CCC(S)C1.CC(=O)C1CCC(SC2=C(C(=O)OP)N3C(=O)C(C(C)O)C3C2C)C1.CC1=C(C(=O)OP)N2C(=O)C(C(C)O)C2C1C.II. The number of nitrogens with zero attached hydrogens (tertiary/aromatic N) is 5. The Morgan fingerprint density at radius 2 is 0.913 bits per heavy atom. The minimum Gasteiger partial charge on any atom is -0.543 e. The lowest BCUT2D eigenvalue weighted by Crippen LogP contribution is -2.64. The van der Waals surface area contributed by atoms with Gasteiger partial charge in [0.25, 0.3) is 0 Å². The number of likely N-dealkylation sites (tertiary alicyclic amines) is 1. The molecule has 6 saturated heterocycles. The van der Waals surface area contributed by atoms with E-state index in [0.29, 0.717) is 51.1 Å². The number of carboxylic acids is 2. The molecule has 8 fully saturated rings. The smallest absolute Gasteiger partial charge is 0.358 e. The van der Waals surface area contributed by atoms with Crippen LogP contribution in [0.4, 0.5) is 4.79 Å². The van der Waals surface area contributed by atoms with Crippen LogP contribution >= 0.6 is 104 Å². The molecule has 10 heterocycles. The average molecular weight is 1790 g/mol. The Kier molecular flexibility index (Phi) is 30.6. The minimum absolute atomic E-state index is 0.0298. The number of aliphatic hydroxyl groups excluding tert-OH is 4. The van der Waals surface area contributed by atoms with Crippen LogP contribution in [0.25, 0.3) is 0 Å². The molecule has 10 aliphatic heterocycles. The fourth-order valence-electron chi connectivity index (χ4n) is 16.7. The third kappa shape index (κ3) is 17.4. The standard InChI is InChI=1S/C17H22N2O7S.C17H24NO5PS.C16H22N2O5S.C11H16NO4P.C7H12OS.I2/c1-6-12-11(8(3)21)15(22)19(12)13(16(23)24)14(6)27-9-4-10(7(2)20)18(5-9)17(25)26;1-7-13-12(9(3)20)16(21)18(13)14(17(22)23-24)15(7)25-11-5-4-10(6-11)8(2)19;1-6-12-11(8(3)20)15(21)18(12)13(16(22)23)14(6)24-9-4-10(7(2)19)17-5-9;1-4-5(2)9(11(15)16-17)12-8(4)7(6(3)13)10(12)14;1-5(8)6-2-3-7(9)4-6;1-2/h6,8-12,21H,4-5H2,1-3H3,(H,23,24)(H,25,26);7,9-13,20H,4-6,24H2,1-3H3;6,8-12,17,20H,4-5H2,1-3H3,(H,22,23);4,6-8,13H,17H2,1-3H3;6-7,9H,2-4H2,1H3;/p-2. The number of rotatable bonds is 18. The zero-order valence-corrected chi connectivity index (χ0v) is 69.9. The molecule has 0 aromatic carbocycles. The summed E-state index contributed by atoms with van der Waals surface area (Å²) in [6.45, 7) is 22.5. The largest absolute Gasteiger partial charge is 0.543 e. The van der Waals surface area contributed by atoms with Crippen molar-refractivity contribution in [1.82, 2.24) is 29.8 Å². The number of nitrogens with one attached hydrogen (secondary N) is 1. The number of thioether (sulfide) groups is 3. The third-order valence-electron chi connectivity index (χ3n) is 22.2. The lowest BCUT2D eigenvalue weighted by Gasteiger charge is -2.47. The fraction of sp³-hybridized carbons (Fsp3) is 0.691. The first-order chi connectivity index (χ1) is 48.7. The van der Waals surface area contributed by atoms with E-state index >= 15 is 0 Å². The van der Waals surface area contributed by atoms with Gasteiger partial charge in [0, 0.05) is 122 Å². The summed E-state index contributed by atoms with van der Waals surface area (Å²) >= 11 is 12.8. The summed E-state index contributed by atoms with van der Waals surface area (Å²) in [6.07, 6.45) is 2.09. The molecule has 5 amide bonds. The van der Waals surface area contributed by atoms with Crippen molar-refractivity contribution >= 4 is 181 Å². The topological polar surface area (TPSA) is 416 Å². The van der Waals surface area contributed by atoms with E-state index in [4.69, 9.17) is 4.52 Å². The number of aliphatic hydroxyl groups is 4. The van der Waals surface area contributed by atoms with Crippen LogP contribution in [-0.2, 0) is 66.6 Å². The van der Waals surface area contributed by atoms with Gasteiger partial charge in [-0.15, -0.1) is 35.3 Å². The molecule has 28 nitrogen and oxygen atoms in total. The number of β-lactam (4-membered cyclic amide) rings is 4. The van der Waals surface area contributed by atoms with Gasteiger partial charge < -0.3 is 84.2 Å².